The number of anilines is 1. The lowest BCUT2D eigenvalue weighted by molar-refractivity contribution is 0.516. The third-order valence-corrected chi connectivity index (χ3v) is 4.66. The SMILES string of the molecule is Cc1nc(CNc2nc(C3CC3)ns2)oc1-c1ccc(Cl)cc1. The van der Waals surface area contributed by atoms with Gasteiger partial charge in [-0.3, -0.25) is 0 Å². The zero-order chi connectivity index (χ0) is 15.8. The van der Waals surface area contributed by atoms with Crippen molar-refractivity contribution in [2.45, 2.75) is 32.2 Å². The molecule has 4 rings (SSSR count). The van der Waals surface area contributed by atoms with Crippen LogP contribution in [0, 0.1) is 6.92 Å². The number of nitrogens with zero attached hydrogens (tertiary/aromatic N) is 3. The second-order valence-electron chi connectivity index (χ2n) is 5.61. The number of hydrogen-bond acceptors (Lipinski definition) is 6. The molecule has 0 atom stereocenters. The molecule has 1 N–H and O–H groups in total. The van der Waals surface area contributed by atoms with Gasteiger partial charge in [-0.1, -0.05) is 11.6 Å². The van der Waals surface area contributed by atoms with Crippen LogP contribution in [0.2, 0.25) is 5.02 Å². The van der Waals surface area contributed by atoms with Gasteiger partial charge in [0.25, 0.3) is 0 Å². The Morgan fingerprint density at radius 3 is 2.78 bits per heavy atom. The van der Waals surface area contributed by atoms with E-state index in [9.17, 15) is 0 Å². The van der Waals surface area contributed by atoms with Crippen molar-refractivity contribution in [1.29, 1.82) is 0 Å². The molecule has 23 heavy (non-hydrogen) atoms. The van der Waals surface area contributed by atoms with Crippen molar-refractivity contribution < 1.29 is 4.42 Å². The molecule has 0 bridgehead atoms. The molecule has 0 radical (unpaired) electrons. The number of halogens is 1. The van der Waals surface area contributed by atoms with Crippen molar-refractivity contribution in [3.63, 3.8) is 0 Å². The molecule has 1 saturated carbocycles. The summed E-state index contributed by atoms with van der Waals surface area (Å²) in [6, 6.07) is 7.55. The number of benzene rings is 1. The van der Waals surface area contributed by atoms with E-state index in [0.29, 0.717) is 23.4 Å². The number of aryl methyl sites for hydroxylation is 1. The van der Waals surface area contributed by atoms with Crippen molar-refractivity contribution in [2.24, 2.45) is 0 Å². The minimum absolute atomic E-state index is 0.494. The molecule has 3 aromatic rings. The van der Waals surface area contributed by atoms with Crippen molar-refractivity contribution in [3.05, 3.63) is 46.7 Å². The van der Waals surface area contributed by atoms with Crippen LogP contribution >= 0.6 is 23.1 Å². The summed E-state index contributed by atoms with van der Waals surface area (Å²) in [5.41, 5.74) is 1.83. The third kappa shape index (κ3) is 3.23. The monoisotopic (exact) mass is 346 g/mol. The van der Waals surface area contributed by atoms with Gasteiger partial charge in [0.15, 0.2) is 5.76 Å². The van der Waals surface area contributed by atoms with E-state index in [0.717, 1.165) is 28.0 Å². The Labute approximate surface area is 142 Å². The number of aromatic nitrogens is 3. The molecule has 0 saturated heterocycles. The molecule has 0 aliphatic heterocycles. The quantitative estimate of drug-likeness (QED) is 0.728. The normalized spacial score (nSPS) is 14.2. The highest BCUT2D eigenvalue weighted by Crippen LogP contribution is 2.39. The first-order valence-corrected chi connectivity index (χ1v) is 8.64. The van der Waals surface area contributed by atoms with E-state index >= 15 is 0 Å². The van der Waals surface area contributed by atoms with Gasteiger partial charge in [0, 0.05) is 28.0 Å². The molecule has 1 aliphatic carbocycles. The zero-order valence-electron chi connectivity index (χ0n) is 12.5. The average molecular weight is 347 g/mol. The minimum Gasteiger partial charge on any atom is -0.438 e. The summed E-state index contributed by atoms with van der Waals surface area (Å²) in [6.07, 6.45) is 2.42. The van der Waals surface area contributed by atoms with Crippen molar-refractivity contribution in [1.82, 2.24) is 14.3 Å². The van der Waals surface area contributed by atoms with E-state index in [4.69, 9.17) is 16.0 Å². The average Bonchev–Trinajstić information content (AvgIpc) is 3.17. The van der Waals surface area contributed by atoms with Crippen LogP contribution in [-0.4, -0.2) is 14.3 Å². The van der Waals surface area contributed by atoms with Crippen LogP contribution in [-0.2, 0) is 6.54 Å². The van der Waals surface area contributed by atoms with Crippen molar-refractivity contribution >= 4 is 28.3 Å². The molecule has 0 amide bonds. The summed E-state index contributed by atoms with van der Waals surface area (Å²) in [4.78, 5) is 8.97. The molecule has 1 fully saturated rings. The Balaban J connectivity index is 1.46. The van der Waals surface area contributed by atoms with Crippen LogP contribution in [0.1, 0.15) is 36.2 Å². The van der Waals surface area contributed by atoms with Crippen LogP contribution in [0.15, 0.2) is 28.7 Å². The Kier molecular flexibility index (Phi) is 3.79. The zero-order valence-corrected chi connectivity index (χ0v) is 14.1. The fourth-order valence-electron chi connectivity index (χ4n) is 2.36. The number of oxazole rings is 1. The molecule has 7 heteroatoms. The Bertz CT molecular complexity index is 823. The van der Waals surface area contributed by atoms with E-state index in [-0.39, 0.29) is 0 Å². The maximum absolute atomic E-state index is 5.92. The third-order valence-electron chi connectivity index (χ3n) is 3.72. The Morgan fingerprint density at radius 1 is 1.26 bits per heavy atom. The van der Waals surface area contributed by atoms with Gasteiger partial charge in [0.05, 0.1) is 12.2 Å². The maximum atomic E-state index is 5.92. The Hall–Kier alpha value is -1.92. The molecule has 1 aliphatic rings. The van der Waals surface area contributed by atoms with E-state index in [1.807, 2.05) is 31.2 Å². The van der Waals surface area contributed by atoms with Gasteiger partial charge in [-0.2, -0.15) is 4.37 Å². The molecular formula is C16H15ClN4OS. The molecule has 2 heterocycles. The topological polar surface area (TPSA) is 63.8 Å². The van der Waals surface area contributed by atoms with E-state index in [2.05, 4.69) is 19.7 Å². The highest BCUT2D eigenvalue weighted by Gasteiger charge is 2.27. The second-order valence-corrected chi connectivity index (χ2v) is 6.80. The van der Waals surface area contributed by atoms with Crippen molar-refractivity contribution in [2.75, 3.05) is 5.32 Å². The van der Waals surface area contributed by atoms with Crippen molar-refractivity contribution in [3.8, 4) is 11.3 Å². The number of rotatable bonds is 5. The van der Waals surface area contributed by atoms with E-state index in [1.165, 1.54) is 24.4 Å². The maximum Gasteiger partial charge on any atom is 0.214 e. The van der Waals surface area contributed by atoms with Gasteiger partial charge in [-0.05, 0) is 44.0 Å². The molecule has 5 nitrogen and oxygen atoms in total. The van der Waals surface area contributed by atoms with Gasteiger partial charge in [0.1, 0.15) is 5.82 Å². The lowest BCUT2D eigenvalue weighted by Crippen LogP contribution is -1.99. The smallest absolute Gasteiger partial charge is 0.214 e. The summed E-state index contributed by atoms with van der Waals surface area (Å²) >= 11 is 7.31. The first-order chi connectivity index (χ1) is 11.2. The largest absolute Gasteiger partial charge is 0.438 e. The number of nitrogens with one attached hydrogen (secondary N) is 1. The summed E-state index contributed by atoms with van der Waals surface area (Å²) in [7, 11) is 0. The summed E-state index contributed by atoms with van der Waals surface area (Å²) < 4.78 is 10.2. The van der Waals surface area contributed by atoms with Crippen LogP contribution in [0.3, 0.4) is 0 Å². The standard InChI is InChI=1S/C16H15ClN4OS/c1-9-14(10-4-6-12(17)7-5-10)22-13(19-9)8-18-16-20-15(21-23-16)11-2-3-11/h4-7,11H,2-3,8H2,1H3,(H,18,20,21). The van der Waals surface area contributed by atoms with E-state index in [1.54, 1.807) is 0 Å². The van der Waals surface area contributed by atoms with Crippen LogP contribution in [0.25, 0.3) is 11.3 Å². The lowest BCUT2D eigenvalue weighted by Gasteiger charge is -1.98. The molecule has 0 unspecified atom stereocenters. The first-order valence-electron chi connectivity index (χ1n) is 7.49. The molecule has 2 aromatic heterocycles. The summed E-state index contributed by atoms with van der Waals surface area (Å²) in [5, 5.41) is 4.75. The molecule has 118 valence electrons. The predicted octanol–water partition coefficient (Wildman–Crippen LogP) is 4.64. The Morgan fingerprint density at radius 2 is 2.04 bits per heavy atom. The molecule has 1 aromatic carbocycles. The van der Waals surface area contributed by atoms with Gasteiger partial charge in [0.2, 0.25) is 11.0 Å². The highest BCUT2D eigenvalue weighted by atomic mass is 35.5. The molecule has 0 spiro atoms. The van der Waals surface area contributed by atoms with Crippen LogP contribution < -0.4 is 5.32 Å². The summed E-state index contributed by atoms with van der Waals surface area (Å²) in [6.45, 7) is 2.43. The predicted molar refractivity (Wildman–Crippen MR) is 90.9 cm³/mol. The summed E-state index contributed by atoms with van der Waals surface area (Å²) in [5.74, 6) is 2.94. The van der Waals surface area contributed by atoms with E-state index < -0.39 is 0 Å². The van der Waals surface area contributed by atoms with Gasteiger partial charge in [-0.15, -0.1) is 0 Å². The number of hydrogen-bond donors (Lipinski definition) is 1. The van der Waals surface area contributed by atoms with Gasteiger partial charge in [-0.25, -0.2) is 9.97 Å². The first kappa shape index (κ1) is 14.7. The fourth-order valence-corrected chi connectivity index (χ4v) is 3.13. The van der Waals surface area contributed by atoms with Gasteiger partial charge < -0.3 is 9.73 Å². The van der Waals surface area contributed by atoms with Gasteiger partial charge >= 0.3 is 0 Å². The highest BCUT2D eigenvalue weighted by molar-refractivity contribution is 7.09. The second kappa shape index (κ2) is 5.94. The minimum atomic E-state index is 0.494. The van der Waals surface area contributed by atoms with Crippen LogP contribution in [0.5, 0.6) is 0 Å². The lowest BCUT2D eigenvalue weighted by atomic mass is 10.1. The fraction of sp³-hybridized carbons (Fsp3) is 0.312. The molecular weight excluding hydrogens is 332 g/mol. The van der Waals surface area contributed by atoms with Crippen LogP contribution in [0.4, 0.5) is 5.13 Å².